The van der Waals surface area contributed by atoms with Crippen molar-refractivity contribution in [1.29, 1.82) is 0 Å². The van der Waals surface area contributed by atoms with Gasteiger partial charge >= 0.3 is 0 Å². The molecule has 110 valence electrons. The van der Waals surface area contributed by atoms with Crippen LogP contribution in [-0.2, 0) is 19.4 Å². The highest BCUT2D eigenvalue weighted by Crippen LogP contribution is 2.32. The van der Waals surface area contributed by atoms with Crippen LogP contribution < -0.4 is 10.5 Å². The average molecular weight is 284 g/mol. The number of ether oxygens (including phenoxy) is 1. The number of aromatic nitrogens is 3. The Morgan fingerprint density at radius 2 is 2.14 bits per heavy atom. The van der Waals surface area contributed by atoms with E-state index in [1.165, 1.54) is 5.56 Å². The first kappa shape index (κ1) is 12.8. The second-order valence-electron chi connectivity index (χ2n) is 6.04. The molecule has 21 heavy (non-hydrogen) atoms. The average Bonchev–Trinajstić information content (AvgIpc) is 2.97. The van der Waals surface area contributed by atoms with Gasteiger partial charge in [-0.3, -0.25) is 0 Å². The van der Waals surface area contributed by atoms with Gasteiger partial charge < -0.3 is 15.0 Å². The Labute approximate surface area is 124 Å². The molecule has 1 aromatic carbocycles. The number of benzene rings is 1. The number of nitrogens with two attached hydrogens (primary N) is 1. The zero-order valence-electron chi connectivity index (χ0n) is 12.0. The molecule has 2 N–H and O–H groups in total. The van der Waals surface area contributed by atoms with Crippen LogP contribution in [0.4, 0.5) is 0 Å². The minimum atomic E-state index is 0.301. The predicted octanol–water partition coefficient (Wildman–Crippen LogP) is 1.52. The van der Waals surface area contributed by atoms with Crippen LogP contribution in [0.15, 0.2) is 24.3 Å². The summed E-state index contributed by atoms with van der Waals surface area (Å²) in [6.07, 6.45) is 3.06. The zero-order chi connectivity index (χ0) is 14.2. The molecule has 1 aromatic heterocycles. The highest BCUT2D eigenvalue weighted by Gasteiger charge is 2.29. The fourth-order valence-electron chi connectivity index (χ4n) is 3.41. The third kappa shape index (κ3) is 2.21. The fourth-order valence-corrected chi connectivity index (χ4v) is 3.41. The molecule has 2 unspecified atom stereocenters. The Morgan fingerprint density at radius 1 is 1.24 bits per heavy atom. The van der Waals surface area contributed by atoms with Gasteiger partial charge in [0, 0.05) is 13.0 Å². The fraction of sp³-hybridized carbons (Fsp3) is 0.500. The highest BCUT2D eigenvalue weighted by molar-refractivity contribution is 5.36. The molecule has 5 nitrogen and oxygen atoms in total. The van der Waals surface area contributed by atoms with E-state index < -0.39 is 0 Å². The van der Waals surface area contributed by atoms with Gasteiger partial charge in [-0.15, -0.1) is 10.2 Å². The smallest absolute Gasteiger partial charge is 0.139 e. The summed E-state index contributed by atoms with van der Waals surface area (Å²) in [5.41, 5.74) is 7.05. The van der Waals surface area contributed by atoms with Crippen molar-refractivity contribution in [2.75, 3.05) is 13.2 Å². The number of nitrogens with zero attached hydrogens (tertiary/aromatic N) is 3. The van der Waals surface area contributed by atoms with Crippen molar-refractivity contribution < 1.29 is 4.74 Å². The lowest BCUT2D eigenvalue weighted by Crippen LogP contribution is -2.28. The summed E-state index contributed by atoms with van der Waals surface area (Å²) in [6.45, 7) is 2.41. The number of fused-ring (bicyclic) bond motifs is 2. The van der Waals surface area contributed by atoms with Gasteiger partial charge in [-0.05, 0) is 36.9 Å². The molecule has 2 aliphatic heterocycles. The molecule has 3 heterocycles. The SMILES string of the molecule is NCC1CCn2c(nnc2C2COc3ccccc3C2)C1. The van der Waals surface area contributed by atoms with E-state index in [1.54, 1.807) is 0 Å². The Hall–Kier alpha value is -1.88. The summed E-state index contributed by atoms with van der Waals surface area (Å²) in [7, 11) is 0. The third-order valence-corrected chi connectivity index (χ3v) is 4.67. The van der Waals surface area contributed by atoms with Gasteiger partial charge in [0.1, 0.15) is 17.4 Å². The molecule has 0 saturated carbocycles. The largest absolute Gasteiger partial charge is 0.493 e. The van der Waals surface area contributed by atoms with Crippen molar-refractivity contribution in [2.45, 2.75) is 31.7 Å². The van der Waals surface area contributed by atoms with E-state index in [4.69, 9.17) is 10.5 Å². The molecular weight excluding hydrogens is 264 g/mol. The molecule has 0 aliphatic carbocycles. The van der Waals surface area contributed by atoms with E-state index in [-0.39, 0.29) is 0 Å². The summed E-state index contributed by atoms with van der Waals surface area (Å²) in [4.78, 5) is 0. The second-order valence-corrected chi connectivity index (χ2v) is 6.04. The van der Waals surface area contributed by atoms with Crippen molar-refractivity contribution in [1.82, 2.24) is 14.8 Å². The highest BCUT2D eigenvalue weighted by atomic mass is 16.5. The second kappa shape index (κ2) is 5.15. The van der Waals surface area contributed by atoms with Crippen LogP contribution in [0.1, 0.15) is 29.6 Å². The van der Waals surface area contributed by atoms with Gasteiger partial charge in [0.25, 0.3) is 0 Å². The number of para-hydroxylation sites is 1. The third-order valence-electron chi connectivity index (χ3n) is 4.67. The summed E-state index contributed by atoms with van der Waals surface area (Å²) in [5, 5.41) is 8.84. The maximum absolute atomic E-state index is 5.89. The minimum absolute atomic E-state index is 0.301. The molecule has 5 heteroatoms. The zero-order valence-corrected chi connectivity index (χ0v) is 12.0. The Bertz CT molecular complexity index is 651. The molecule has 0 saturated heterocycles. The summed E-state index contributed by atoms with van der Waals surface area (Å²) in [6, 6.07) is 8.26. The first-order valence-electron chi connectivity index (χ1n) is 7.68. The van der Waals surface area contributed by atoms with Crippen molar-refractivity contribution in [3.63, 3.8) is 0 Å². The number of hydrogen-bond acceptors (Lipinski definition) is 4. The minimum Gasteiger partial charge on any atom is -0.493 e. The van der Waals surface area contributed by atoms with Gasteiger partial charge in [-0.25, -0.2) is 0 Å². The van der Waals surface area contributed by atoms with Crippen molar-refractivity contribution in [2.24, 2.45) is 11.7 Å². The van der Waals surface area contributed by atoms with Gasteiger partial charge in [-0.1, -0.05) is 18.2 Å². The lowest BCUT2D eigenvalue weighted by Gasteiger charge is -2.27. The van der Waals surface area contributed by atoms with Crippen LogP contribution in [0.25, 0.3) is 0 Å². The van der Waals surface area contributed by atoms with Crippen LogP contribution in [0.5, 0.6) is 5.75 Å². The maximum atomic E-state index is 5.89. The van der Waals surface area contributed by atoms with E-state index in [0.29, 0.717) is 18.4 Å². The summed E-state index contributed by atoms with van der Waals surface area (Å²) in [5.74, 6) is 4.03. The lowest BCUT2D eigenvalue weighted by atomic mass is 9.94. The quantitative estimate of drug-likeness (QED) is 0.908. The predicted molar refractivity (Wildman–Crippen MR) is 79.3 cm³/mol. The molecule has 0 radical (unpaired) electrons. The number of hydrogen-bond donors (Lipinski definition) is 1. The topological polar surface area (TPSA) is 66.0 Å². The van der Waals surface area contributed by atoms with Crippen LogP contribution in [0.3, 0.4) is 0 Å². The van der Waals surface area contributed by atoms with Crippen molar-refractivity contribution in [3.05, 3.63) is 41.5 Å². The summed E-state index contributed by atoms with van der Waals surface area (Å²) >= 11 is 0. The monoisotopic (exact) mass is 284 g/mol. The maximum Gasteiger partial charge on any atom is 0.139 e. The standard InChI is InChI=1S/C16H20N4O/c17-9-11-5-6-20-15(7-11)18-19-16(20)13-8-12-3-1-2-4-14(12)21-10-13/h1-4,11,13H,5-10,17H2. The van der Waals surface area contributed by atoms with Crippen LogP contribution in [0.2, 0.25) is 0 Å². The first-order chi connectivity index (χ1) is 10.3. The van der Waals surface area contributed by atoms with Crippen LogP contribution in [-0.4, -0.2) is 27.9 Å². The van der Waals surface area contributed by atoms with Crippen LogP contribution in [0, 0.1) is 5.92 Å². The molecule has 0 fully saturated rings. The van der Waals surface area contributed by atoms with Gasteiger partial charge in [-0.2, -0.15) is 0 Å². The molecule has 2 aliphatic rings. The summed E-state index contributed by atoms with van der Waals surface area (Å²) < 4.78 is 8.18. The first-order valence-corrected chi connectivity index (χ1v) is 7.68. The molecular formula is C16H20N4O. The van der Waals surface area contributed by atoms with Crippen LogP contribution >= 0.6 is 0 Å². The Morgan fingerprint density at radius 3 is 3.05 bits per heavy atom. The van der Waals surface area contributed by atoms with E-state index in [0.717, 1.165) is 49.8 Å². The Kier molecular flexibility index (Phi) is 3.15. The van der Waals surface area contributed by atoms with Crippen molar-refractivity contribution >= 4 is 0 Å². The van der Waals surface area contributed by atoms with E-state index in [2.05, 4.69) is 26.9 Å². The number of rotatable bonds is 2. The molecule has 4 rings (SSSR count). The molecule has 2 aromatic rings. The van der Waals surface area contributed by atoms with Crippen molar-refractivity contribution in [3.8, 4) is 5.75 Å². The Balaban J connectivity index is 1.60. The van der Waals surface area contributed by atoms with Gasteiger partial charge in [0.05, 0.1) is 12.5 Å². The molecule has 0 spiro atoms. The van der Waals surface area contributed by atoms with E-state index in [1.807, 2.05) is 12.1 Å². The normalized spacial score (nSPS) is 24.0. The molecule has 2 atom stereocenters. The molecule has 0 bridgehead atoms. The van der Waals surface area contributed by atoms with E-state index >= 15 is 0 Å². The van der Waals surface area contributed by atoms with Gasteiger partial charge in [0.2, 0.25) is 0 Å². The lowest BCUT2D eigenvalue weighted by molar-refractivity contribution is 0.252. The van der Waals surface area contributed by atoms with Gasteiger partial charge in [0.15, 0.2) is 0 Å². The molecule has 0 amide bonds. The van der Waals surface area contributed by atoms with E-state index in [9.17, 15) is 0 Å².